The van der Waals surface area contributed by atoms with Gasteiger partial charge in [0.15, 0.2) is 0 Å². The average Bonchev–Trinajstić information content (AvgIpc) is 2.05. The Hall–Kier alpha value is -1.42. The summed E-state index contributed by atoms with van der Waals surface area (Å²) in [5, 5.41) is 8.70. The van der Waals surface area contributed by atoms with E-state index >= 15 is 0 Å². The molecule has 0 saturated heterocycles. The van der Waals surface area contributed by atoms with Crippen LogP contribution in [0.25, 0.3) is 0 Å². The Morgan fingerprint density at radius 3 is 2.92 bits per heavy atom. The molecule has 0 unspecified atom stereocenters. The molecule has 4 heteroatoms. The van der Waals surface area contributed by atoms with Crippen molar-refractivity contribution in [1.82, 2.24) is 4.98 Å². The van der Waals surface area contributed by atoms with E-state index in [4.69, 9.17) is 10.8 Å². The minimum absolute atomic E-state index is 0.220. The Bertz CT molecular complexity index is 310. The average molecular weight is 166 g/mol. The van der Waals surface area contributed by atoms with Gasteiger partial charge in [0.05, 0.1) is 11.3 Å². The molecule has 1 rings (SSSR count). The van der Waals surface area contributed by atoms with Gasteiger partial charge >= 0.3 is 5.97 Å². The third kappa shape index (κ3) is 1.60. The largest absolute Gasteiger partial charge is 0.478 e. The number of aromatic nitrogens is 1. The Morgan fingerprint density at radius 1 is 1.75 bits per heavy atom. The van der Waals surface area contributed by atoms with Crippen LogP contribution in [0, 0.1) is 6.92 Å². The molecule has 1 heterocycles. The normalized spacial score (nSPS) is 9.83. The third-order valence-corrected chi connectivity index (χ3v) is 1.61. The van der Waals surface area contributed by atoms with Crippen molar-refractivity contribution in [3.05, 3.63) is 29.1 Å². The second kappa shape index (κ2) is 3.32. The van der Waals surface area contributed by atoms with E-state index in [9.17, 15) is 4.79 Å². The highest BCUT2D eigenvalue weighted by molar-refractivity contribution is 5.88. The number of carboxylic acid groups (broad SMARTS) is 1. The molecule has 0 aromatic carbocycles. The van der Waals surface area contributed by atoms with Crippen molar-refractivity contribution < 1.29 is 9.90 Å². The van der Waals surface area contributed by atoms with Crippen LogP contribution in [0.5, 0.6) is 0 Å². The van der Waals surface area contributed by atoms with Crippen molar-refractivity contribution in [2.24, 2.45) is 5.73 Å². The minimum atomic E-state index is -0.963. The maximum atomic E-state index is 10.6. The molecule has 3 N–H and O–H groups in total. The molecule has 0 amide bonds. The van der Waals surface area contributed by atoms with Crippen molar-refractivity contribution >= 4 is 5.97 Å². The third-order valence-electron chi connectivity index (χ3n) is 1.61. The maximum Gasteiger partial charge on any atom is 0.337 e. The van der Waals surface area contributed by atoms with Crippen LogP contribution in [0.2, 0.25) is 0 Å². The predicted molar refractivity (Wildman–Crippen MR) is 43.8 cm³/mol. The molecule has 4 nitrogen and oxygen atoms in total. The van der Waals surface area contributed by atoms with Crippen molar-refractivity contribution in [2.75, 3.05) is 0 Å². The van der Waals surface area contributed by atoms with Gasteiger partial charge in [0.25, 0.3) is 0 Å². The van der Waals surface area contributed by atoms with Gasteiger partial charge in [-0.05, 0) is 18.6 Å². The van der Waals surface area contributed by atoms with E-state index < -0.39 is 5.97 Å². The highest BCUT2D eigenvalue weighted by atomic mass is 16.4. The second-order valence-electron chi connectivity index (χ2n) is 2.49. The van der Waals surface area contributed by atoms with E-state index in [1.54, 1.807) is 19.2 Å². The summed E-state index contributed by atoms with van der Waals surface area (Å²) in [4.78, 5) is 14.5. The highest BCUT2D eigenvalue weighted by Gasteiger charge is 2.07. The number of aryl methyl sites for hydroxylation is 1. The van der Waals surface area contributed by atoms with E-state index in [-0.39, 0.29) is 5.56 Å². The predicted octanol–water partition coefficient (Wildman–Crippen LogP) is 0.547. The van der Waals surface area contributed by atoms with Gasteiger partial charge in [0.2, 0.25) is 0 Å². The molecule has 0 aliphatic heterocycles. The Balaban J connectivity index is 3.17. The molecule has 1 aromatic rings. The number of nitrogens with two attached hydrogens (primary N) is 1. The summed E-state index contributed by atoms with van der Waals surface area (Å²) in [6.45, 7) is 1.97. The van der Waals surface area contributed by atoms with Crippen molar-refractivity contribution in [1.29, 1.82) is 0 Å². The SMILES string of the molecule is Cc1ncc(CN)cc1C(=O)O. The van der Waals surface area contributed by atoms with Crippen molar-refractivity contribution in [3.8, 4) is 0 Å². The molecule has 0 aliphatic carbocycles. The van der Waals surface area contributed by atoms with Gasteiger partial charge in [-0.2, -0.15) is 0 Å². The van der Waals surface area contributed by atoms with Crippen molar-refractivity contribution in [3.63, 3.8) is 0 Å². The standard InChI is InChI=1S/C8H10N2O2/c1-5-7(8(11)12)2-6(3-9)4-10-5/h2,4H,3,9H2,1H3,(H,11,12). The fraction of sp³-hybridized carbons (Fsp3) is 0.250. The van der Waals surface area contributed by atoms with Crippen LogP contribution in [0.1, 0.15) is 21.6 Å². The van der Waals surface area contributed by atoms with Gasteiger partial charge in [-0.3, -0.25) is 4.98 Å². The summed E-state index contributed by atoms with van der Waals surface area (Å²) in [5.41, 5.74) is 6.80. The number of hydrogen-bond donors (Lipinski definition) is 2. The summed E-state index contributed by atoms with van der Waals surface area (Å²) in [6.07, 6.45) is 1.59. The molecule has 64 valence electrons. The number of hydrogen-bond acceptors (Lipinski definition) is 3. The zero-order valence-electron chi connectivity index (χ0n) is 6.74. The lowest BCUT2D eigenvalue weighted by atomic mass is 10.1. The van der Waals surface area contributed by atoms with Crippen molar-refractivity contribution in [2.45, 2.75) is 13.5 Å². The molecule has 1 aromatic heterocycles. The molecule has 0 radical (unpaired) electrons. The second-order valence-corrected chi connectivity index (χ2v) is 2.49. The van der Waals surface area contributed by atoms with Gasteiger partial charge in [-0.1, -0.05) is 0 Å². The molecule has 0 spiro atoms. The van der Waals surface area contributed by atoms with Crippen LogP contribution in [-0.2, 0) is 6.54 Å². The number of rotatable bonds is 2. The maximum absolute atomic E-state index is 10.6. The van der Waals surface area contributed by atoms with Crippen LogP contribution in [-0.4, -0.2) is 16.1 Å². The molecule has 0 aliphatic rings. The highest BCUT2D eigenvalue weighted by Crippen LogP contribution is 2.07. The first kappa shape index (κ1) is 8.67. The van der Waals surface area contributed by atoms with E-state index in [1.807, 2.05) is 0 Å². The monoisotopic (exact) mass is 166 g/mol. The van der Waals surface area contributed by atoms with E-state index in [2.05, 4.69) is 4.98 Å². The zero-order valence-corrected chi connectivity index (χ0v) is 6.74. The van der Waals surface area contributed by atoms with E-state index in [0.29, 0.717) is 12.2 Å². The smallest absolute Gasteiger partial charge is 0.337 e. The molecule has 0 saturated carbocycles. The van der Waals surface area contributed by atoms with Gasteiger partial charge in [-0.15, -0.1) is 0 Å². The summed E-state index contributed by atoms with van der Waals surface area (Å²) < 4.78 is 0. The molecule has 0 fully saturated rings. The lowest BCUT2D eigenvalue weighted by Gasteiger charge is -2.01. The number of nitrogens with zero attached hydrogens (tertiary/aromatic N) is 1. The van der Waals surface area contributed by atoms with Crippen LogP contribution in [0.3, 0.4) is 0 Å². The topological polar surface area (TPSA) is 76.2 Å². The number of carboxylic acids is 1. The van der Waals surface area contributed by atoms with Crippen LogP contribution in [0.15, 0.2) is 12.3 Å². The summed E-state index contributed by atoms with van der Waals surface area (Å²) >= 11 is 0. The molecule has 0 atom stereocenters. The fourth-order valence-corrected chi connectivity index (χ4v) is 0.905. The van der Waals surface area contributed by atoms with Crippen LogP contribution < -0.4 is 5.73 Å². The van der Waals surface area contributed by atoms with Gasteiger partial charge in [0.1, 0.15) is 0 Å². The first-order valence-corrected chi connectivity index (χ1v) is 3.54. The molecule has 12 heavy (non-hydrogen) atoms. The first-order valence-electron chi connectivity index (χ1n) is 3.54. The quantitative estimate of drug-likeness (QED) is 0.672. The first-order chi connectivity index (χ1) is 5.65. The summed E-state index contributed by atoms with van der Waals surface area (Å²) in [5.74, 6) is -0.963. The van der Waals surface area contributed by atoms with E-state index in [0.717, 1.165) is 5.56 Å². The molecule has 0 bridgehead atoms. The van der Waals surface area contributed by atoms with Gasteiger partial charge < -0.3 is 10.8 Å². The Kier molecular flexibility index (Phi) is 2.40. The number of carbonyl (C=O) groups is 1. The molecular weight excluding hydrogens is 156 g/mol. The minimum Gasteiger partial charge on any atom is -0.478 e. The van der Waals surface area contributed by atoms with Gasteiger partial charge in [0, 0.05) is 12.7 Å². The summed E-state index contributed by atoms with van der Waals surface area (Å²) in [6, 6.07) is 1.55. The zero-order chi connectivity index (χ0) is 9.14. The fourth-order valence-electron chi connectivity index (χ4n) is 0.905. The Labute approximate surface area is 70.0 Å². The lowest BCUT2D eigenvalue weighted by Crippen LogP contribution is -2.05. The van der Waals surface area contributed by atoms with E-state index in [1.165, 1.54) is 0 Å². The lowest BCUT2D eigenvalue weighted by molar-refractivity contribution is 0.0695. The van der Waals surface area contributed by atoms with Gasteiger partial charge in [-0.25, -0.2) is 4.79 Å². The number of aromatic carboxylic acids is 1. The Morgan fingerprint density at radius 2 is 2.42 bits per heavy atom. The number of pyridine rings is 1. The summed E-state index contributed by atoms with van der Waals surface area (Å²) in [7, 11) is 0. The molecular formula is C8H10N2O2. The van der Waals surface area contributed by atoms with Crippen LogP contribution in [0.4, 0.5) is 0 Å². The van der Waals surface area contributed by atoms with Crippen LogP contribution >= 0.6 is 0 Å².